The molecule has 7 nitrogen and oxygen atoms in total. The van der Waals surface area contributed by atoms with Crippen LogP contribution in [0.2, 0.25) is 0 Å². The minimum atomic E-state index is -0.0577. The molecule has 2 aromatic heterocycles. The zero-order valence-electron chi connectivity index (χ0n) is 10.9. The van der Waals surface area contributed by atoms with Crippen molar-refractivity contribution in [2.75, 3.05) is 36.0 Å². The minimum absolute atomic E-state index is 0.0577. The van der Waals surface area contributed by atoms with E-state index in [4.69, 9.17) is 11.1 Å². The molecule has 0 atom stereocenters. The predicted octanol–water partition coefficient (Wildman–Crippen LogP) is 0.544. The zero-order chi connectivity index (χ0) is 13.9. The standard InChI is InChI=1S/C12H15N7S/c13-11(14)9-7-17-10(8-16-9)18-2-4-19(5-3-18)12-15-1-6-20-12/h1,6-8H,2-5H2,(H3,13,14). The maximum absolute atomic E-state index is 7.31. The van der Waals surface area contributed by atoms with Crippen molar-refractivity contribution in [1.82, 2.24) is 15.0 Å². The van der Waals surface area contributed by atoms with E-state index < -0.39 is 0 Å². The molecule has 8 heteroatoms. The summed E-state index contributed by atoms with van der Waals surface area (Å²) in [6, 6.07) is 0. The first-order valence-corrected chi connectivity index (χ1v) is 7.18. The van der Waals surface area contributed by atoms with Crippen LogP contribution in [0.15, 0.2) is 24.0 Å². The highest BCUT2D eigenvalue weighted by molar-refractivity contribution is 7.13. The Labute approximate surface area is 120 Å². The van der Waals surface area contributed by atoms with E-state index in [1.807, 2.05) is 11.6 Å². The van der Waals surface area contributed by atoms with Crippen molar-refractivity contribution in [2.24, 2.45) is 5.73 Å². The van der Waals surface area contributed by atoms with Gasteiger partial charge in [-0.15, -0.1) is 11.3 Å². The van der Waals surface area contributed by atoms with Gasteiger partial charge in [0.05, 0.1) is 12.4 Å². The van der Waals surface area contributed by atoms with Crippen LogP contribution in [0.3, 0.4) is 0 Å². The minimum Gasteiger partial charge on any atom is -0.382 e. The van der Waals surface area contributed by atoms with Crippen LogP contribution in [-0.2, 0) is 0 Å². The number of hydrogen-bond donors (Lipinski definition) is 2. The summed E-state index contributed by atoms with van der Waals surface area (Å²) in [6.45, 7) is 3.61. The summed E-state index contributed by atoms with van der Waals surface area (Å²) in [6.07, 6.45) is 5.05. The SMILES string of the molecule is N=C(N)c1cnc(N2CCN(c3nccs3)CC2)cn1. The highest BCUT2D eigenvalue weighted by Crippen LogP contribution is 2.20. The first-order valence-electron chi connectivity index (χ1n) is 6.30. The Bertz CT molecular complexity index is 572. The van der Waals surface area contributed by atoms with Crippen molar-refractivity contribution in [3.8, 4) is 0 Å². The Kier molecular flexibility index (Phi) is 3.46. The van der Waals surface area contributed by atoms with Gasteiger partial charge >= 0.3 is 0 Å². The van der Waals surface area contributed by atoms with Crippen LogP contribution >= 0.6 is 11.3 Å². The third-order valence-electron chi connectivity index (χ3n) is 3.21. The molecular weight excluding hydrogens is 274 g/mol. The van der Waals surface area contributed by atoms with Crippen LogP contribution in [0.4, 0.5) is 10.9 Å². The average Bonchev–Trinajstić information content (AvgIpc) is 3.02. The molecule has 1 aliphatic heterocycles. The number of nitrogen functional groups attached to an aromatic ring is 1. The summed E-state index contributed by atoms with van der Waals surface area (Å²) in [5.74, 6) is 0.770. The molecule has 1 saturated heterocycles. The van der Waals surface area contributed by atoms with Crippen molar-refractivity contribution >= 4 is 28.1 Å². The average molecular weight is 289 g/mol. The number of nitrogens with zero attached hydrogens (tertiary/aromatic N) is 5. The van der Waals surface area contributed by atoms with E-state index in [0.29, 0.717) is 5.69 Å². The lowest BCUT2D eigenvalue weighted by atomic mass is 10.3. The van der Waals surface area contributed by atoms with Crippen molar-refractivity contribution in [1.29, 1.82) is 5.41 Å². The van der Waals surface area contributed by atoms with Gasteiger partial charge < -0.3 is 15.5 Å². The quantitative estimate of drug-likeness (QED) is 0.632. The molecule has 2 aromatic rings. The van der Waals surface area contributed by atoms with E-state index in [-0.39, 0.29) is 5.84 Å². The number of nitrogens with two attached hydrogens (primary N) is 1. The highest BCUT2D eigenvalue weighted by atomic mass is 32.1. The van der Waals surface area contributed by atoms with Gasteiger partial charge in [0.2, 0.25) is 0 Å². The number of thiazole rings is 1. The van der Waals surface area contributed by atoms with Gasteiger partial charge in [-0.25, -0.2) is 15.0 Å². The van der Waals surface area contributed by atoms with Crippen LogP contribution in [0.1, 0.15) is 5.69 Å². The topological polar surface area (TPSA) is 95.0 Å². The second kappa shape index (κ2) is 5.41. The molecule has 0 bridgehead atoms. The lowest BCUT2D eigenvalue weighted by Gasteiger charge is -2.35. The highest BCUT2D eigenvalue weighted by Gasteiger charge is 2.19. The van der Waals surface area contributed by atoms with E-state index in [0.717, 1.165) is 37.1 Å². The Balaban J connectivity index is 1.64. The molecule has 1 fully saturated rings. The monoisotopic (exact) mass is 289 g/mol. The smallest absolute Gasteiger partial charge is 0.185 e. The third kappa shape index (κ3) is 2.55. The molecule has 3 heterocycles. The van der Waals surface area contributed by atoms with E-state index in [2.05, 4.69) is 24.8 Å². The summed E-state index contributed by atoms with van der Waals surface area (Å²) in [7, 11) is 0. The molecule has 0 aliphatic carbocycles. The number of aromatic nitrogens is 3. The summed E-state index contributed by atoms with van der Waals surface area (Å²) in [5.41, 5.74) is 5.78. The maximum atomic E-state index is 7.31. The van der Waals surface area contributed by atoms with Gasteiger partial charge in [0.25, 0.3) is 0 Å². The second-order valence-corrected chi connectivity index (χ2v) is 5.34. The summed E-state index contributed by atoms with van der Waals surface area (Å²) in [4.78, 5) is 17.3. The van der Waals surface area contributed by atoms with Crippen molar-refractivity contribution in [3.63, 3.8) is 0 Å². The molecule has 104 valence electrons. The molecule has 3 rings (SSSR count). The normalized spacial score (nSPS) is 15.4. The Morgan fingerprint density at radius 3 is 2.40 bits per heavy atom. The van der Waals surface area contributed by atoms with Gasteiger partial charge in [-0.3, -0.25) is 5.41 Å². The van der Waals surface area contributed by atoms with Crippen LogP contribution in [0, 0.1) is 5.41 Å². The van der Waals surface area contributed by atoms with Crippen LogP contribution in [-0.4, -0.2) is 47.0 Å². The van der Waals surface area contributed by atoms with Gasteiger partial charge in [0.15, 0.2) is 5.13 Å². The van der Waals surface area contributed by atoms with Crippen molar-refractivity contribution in [3.05, 3.63) is 29.7 Å². The number of rotatable bonds is 3. The largest absolute Gasteiger partial charge is 0.382 e. The fourth-order valence-electron chi connectivity index (χ4n) is 2.12. The molecule has 3 N–H and O–H groups in total. The number of anilines is 2. The van der Waals surface area contributed by atoms with E-state index in [1.165, 1.54) is 0 Å². The molecule has 0 unspecified atom stereocenters. The molecule has 0 saturated carbocycles. The van der Waals surface area contributed by atoms with Crippen molar-refractivity contribution < 1.29 is 0 Å². The van der Waals surface area contributed by atoms with E-state index in [1.54, 1.807) is 23.7 Å². The van der Waals surface area contributed by atoms with Gasteiger partial charge in [-0.1, -0.05) is 0 Å². The lowest BCUT2D eigenvalue weighted by Crippen LogP contribution is -2.46. The van der Waals surface area contributed by atoms with Crippen molar-refractivity contribution in [2.45, 2.75) is 0 Å². The Morgan fingerprint density at radius 2 is 1.85 bits per heavy atom. The molecule has 0 spiro atoms. The molecule has 0 aromatic carbocycles. The summed E-state index contributed by atoms with van der Waals surface area (Å²) >= 11 is 1.66. The number of amidine groups is 1. The molecule has 20 heavy (non-hydrogen) atoms. The van der Waals surface area contributed by atoms with E-state index >= 15 is 0 Å². The second-order valence-electron chi connectivity index (χ2n) is 4.46. The van der Waals surface area contributed by atoms with E-state index in [9.17, 15) is 0 Å². The first kappa shape index (κ1) is 12.8. The fraction of sp³-hybridized carbons (Fsp3) is 0.333. The molecule has 0 radical (unpaired) electrons. The molecular formula is C12H15N7S. The van der Waals surface area contributed by atoms with Gasteiger partial charge in [-0.2, -0.15) is 0 Å². The number of hydrogen-bond acceptors (Lipinski definition) is 7. The Hall–Kier alpha value is -2.22. The first-order chi connectivity index (χ1) is 9.74. The van der Waals surface area contributed by atoms with Crippen LogP contribution in [0.5, 0.6) is 0 Å². The lowest BCUT2D eigenvalue weighted by molar-refractivity contribution is 0.645. The molecule has 1 aliphatic rings. The number of piperazine rings is 1. The predicted molar refractivity (Wildman–Crippen MR) is 79.6 cm³/mol. The molecule has 0 amide bonds. The van der Waals surface area contributed by atoms with Gasteiger partial charge in [0.1, 0.15) is 17.3 Å². The summed E-state index contributed by atoms with van der Waals surface area (Å²) in [5, 5.41) is 10.4. The third-order valence-corrected chi connectivity index (χ3v) is 4.04. The van der Waals surface area contributed by atoms with Crippen LogP contribution < -0.4 is 15.5 Å². The Morgan fingerprint density at radius 1 is 1.10 bits per heavy atom. The van der Waals surface area contributed by atoms with Crippen LogP contribution in [0.25, 0.3) is 0 Å². The maximum Gasteiger partial charge on any atom is 0.185 e. The van der Waals surface area contributed by atoms with Gasteiger partial charge in [-0.05, 0) is 0 Å². The fourth-order valence-corrected chi connectivity index (χ4v) is 2.82. The zero-order valence-corrected chi connectivity index (χ0v) is 11.7. The summed E-state index contributed by atoms with van der Waals surface area (Å²) < 4.78 is 0. The van der Waals surface area contributed by atoms with Gasteiger partial charge in [0, 0.05) is 37.8 Å². The number of nitrogens with one attached hydrogen (secondary N) is 1.